The lowest BCUT2D eigenvalue weighted by molar-refractivity contribution is 0.609. The van der Waals surface area contributed by atoms with Gasteiger partial charge in [0.25, 0.3) is 0 Å². The second-order valence-corrected chi connectivity index (χ2v) is 9.05. The fourth-order valence-electron chi connectivity index (χ4n) is 4.71. The number of anilines is 2. The maximum atomic E-state index is 14.0. The molecule has 1 aliphatic carbocycles. The molecule has 0 spiro atoms. The fourth-order valence-corrected chi connectivity index (χ4v) is 4.71. The smallest absolute Gasteiger partial charge is 0.123 e. The Morgan fingerprint density at radius 1 is 0.645 bits per heavy atom. The highest BCUT2D eigenvalue weighted by molar-refractivity contribution is 5.85. The highest BCUT2D eigenvalue weighted by Crippen LogP contribution is 2.50. The zero-order valence-corrected chi connectivity index (χ0v) is 18.4. The molecule has 5 rings (SSSR count). The van der Waals surface area contributed by atoms with Crippen molar-refractivity contribution < 1.29 is 4.39 Å². The van der Waals surface area contributed by atoms with Gasteiger partial charge in [0, 0.05) is 16.8 Å². The fraction of sp³-hybridized carbons (Fsp3) is 0.172. The molecule has 0 saturated heterocycles. The molecule has 1 aliphatic rings. The maximum Gasteiger partial charge on any atom is 0.123 e. The normalized spacial score (nSPS) is 13.6. The summed E-state index contributed by atoms with van der Waals surface area (Å²) in [5.74, 6) is -0.178. The van der Waals surface area contributed by atoms with Gasteiger partial charge in [-0.05, 0) is 82.6 Å². The van der Waals surface area contributed by atoms with Crippen molar-refractivity contribution in [3.05, 3.63) is 107 Å². The minimum absolute atomic E-state index is 0.178. The van der Waals surface area contributed by atoms with Crippen LogP contribution in [-0.2, 0) is 5.41 Å². The van der Waals surface area contributed by atoms with E-state index in [1.165, 1.54) is 33.4 Å². The third kappa shape index (κ3) is 3.23. The Morgan fingerprint density at radius 2 is 1.35 bits per heavy atom. The van der Waals surface area contributed by atoms with E-state index in [0.29, 0.717) is 0 Å². The predicted molar refractivity (Wildman–Crippen MR) is 129 cm³/mol. The van der Waals surface area contributed by atoms with E-state index in [9.17, 15) is 4.39 Å². The van der Waals surface area contributed by atoms with Crippen molar-refractivity contribution in [3.63, 3.8) is 0 Å². The minimum atomic E-state index is -0.209. The number of aryl methyl sites for hydroxylation is 2. The first kappa shape index (κ1) is 19.6. The molecule has 0 amide bonds. The molecular formula is C29H26FN. The molecule has 4 aromatic carbocycles. The monoisotopic (exact) mass is 407 g/mol. The van der Waals surface area contributed by atoms with Gasteiger partial charge < -0.3 is 5.32 Å². The molecule has 31 heavy (non-hydrogen) atoms. The Labute approximate surface area is 183 Å². The number of hydrogen-bond acceptors (Lipinski definition) is 1. The van der Waals surface area contributed by atoms with Gasteiger partial charge in [-0.1, -0.05) is 68.4 Å². The molecule has 154 valence electrons. The molecule has 0 radical (unpaired) electrons. The van der Waals surface area contributed by atoms with E-state index >= 15 is 0 Å². The molecule has 0 fully saturated rings. The zero-order chi connectivity index (χ0) is 21.8. The average molecular weight is 408 g/mol. The van der Waals surface area contributed by atoms with E-state index in [1.807, 2.05) is 12.1 Å². The van der Waals surface area contributed by atoms with E-state index in [4.69, 9.17) is 0 Å². The van der Waals surface area contributed by atoms with Gasteiger partial charge in [0.1, 0.15) is 5.82 Å². The highest BCUT2D eigenvalue weighted by atomic mass is 19.1. The van der Waals surface area contributed by atoms with Gasteiger partial charge >= 0.3 is 0 Å². The molecule has 1 nitrogen and oxygen atoms in total. The topological polar surface area (TPSA) is 12.0 Å². The van der Waals surface area contributed by atoms with Crippen LogP contribution in [0, 0.1) is 19.7 Å². The molecule has 0 bridgehead atoms. The van der Waals surface area contributed by atoms with Crippen molar-refractivity contribution in [1.29, 1.82) is 0 Å². The van der Waals surface area contributed by atoms with Crippen molar-refractivity contribution in [2.24, 2.45) is 0 Å². The lowest BCUT2D eigenvalue weighted by Gasteiger charge is -2.22. The summed E-state index contributed by atoms with van der Waals surface area (Å²) >= 11 is 0. The predicted octanol–water partition coefficient (Wildman–Crippen LogP) is 8.16. The van der Waals surface area contributed by atoms with E-state index in [2.05, 4.69) is 87.6 Å². The van der Waals surface area contributed by atoms with E-state index in [-0.39, 0.29) is 11.2 Å². The zero-order valence-electron chi connectivity index (χ0n) is 18.4. The van der Waals surface area contributed by atoms with Gasteiger partial charge in [-0.2, -0.15) is 0 Å². The molecule has 0 saturated carbocycles. The van der Waals surface area contributed by atoms with Gasteiger partial charge in [-0.15, -0.1) is 0 Å². The summed E-state index contributed by atoms with van der Waals surface area (Å²) in [4.78, 5) is 0. The third-order valence-electron chi connectivity index (χ3n) is 6.60. The summed E-state index contributed by atoms with van der Waals surface area (Å²) in [6.07, 6.45) is 0. The average Bonchev–Trinajstić information content (AvgIpc) is 2.97. The van der Waals surface area contributed by atoms with E-state index < -0.39 is 0 Å². The molecule has 4 aromatic rings. The lowest BCUT2D eigenvalue weighted by atomic mass is 9.82. The van der Waals surface area contributed by atoms with Crippen molar-refractivity contribution in [2.75, 3.05) is 5.32 Å². The number of fused-ring (bicyclic) bond motifs is 3. The van der Waals surface area contributed by atoms with Gasteiger partial charge in [0.15, 0.2) is 0 Å². The number of hydrogen-bond donors (Lipinski definition) is 1. The Morgan fingerprint density at radius 3 is 2.13 bits per heavy atom. The summed E-state index contributed by atoms with van der Waals surface area (Å²) in [7, 11) is 0. The molecular weight excluding hydrogens is 381 g/mol. The van der Waals surface area contributed by atoms with Crippen LogP contribution >= 0.6 is 0 Å². The Hall–Kier alpha value is -3.39. The summed E-state index contributed by atoms with van der Waals surface area (Å²) < 4.78 is 14.0. The van der Waals surface area contributed by atoms with Gasteiger partial charge in [-0.25, -0.2) is 4.39 Å². The SMILES string of the molecule is Cc1ccc(-c2ccccc2)cc1Nc1cc2c(cc1C)C(C)(C)c1cc(F)ccc1-2. The minimum Gasteiger partial charge on any atom is -0.355 e. The van der Waals surface area contributed by atoms with Gasteiger partial charge in [-0.3, -0.25) is 0 Å². The molecule has 2 heteroatoms. The van der Waals surface area contributed by atoms with Crippen LogP contribution in [0.2, 0.25) is 0 Å². The molecule has 0 unspecified atom stereocenters. The molecule has 0 atom stereocenters. The second-order valence-electron chi connectivity index (χ2n) is 9.05. The number of benzene rings is 4. The first-order valence-corrected chi connectivity index (χ1v) is 10.7. The van der Waals surface area contributed by atoms with Crippen LogP contribution in [0.15, 0.2) is 78.9 Å². The lowest BCUT2D eigenvalue weighted by Crippen LogP contribution is -2.15. The Kier molecular flexibility index (Phi) is 4.48. The van der Waals surface area contributed by atoms with Crippen LogP contribution in [0.25, 0.3) is 22.3 Å². The molecule has 0 aliphatic heterocycles. The number of nitrogens with one attached hydrogen (secondary N) is 1. The highest BCUT2D eigenvalue weighted by Gasteiger charge is 2.36. The standard InChI is InChI=1S/C29H26FN/c1-18-10-11-21(20-8-6-5-7-9-20)15-27(18)31-28-17-24-23-13-12-22(30)16-26(23)29(3,4)25(24)14-19(28)2/h5-17,31H,1-4H3. The van der Waals surface area contributed by atoms with Gasteiger partial charge in [0.05, 0.1) is 0 Å². The van der Waals surface area contributed by atoms with E-state index in [0.717, 1.165) is 22.5 Å². The van der Waals surface area contributed by atoms with E-state index in [1.54, 1.807) is 12.1 Å². The first-order valence-electron chi connectivity index (χ1n) is 10.7. The second kappa shape index (κ2) is 7.09. The summed E-state index contributed by atoms with van der Waals surface area (Å²) in [6, 6.07) is 26.6. The van der Waals surface area contributed by atoms with Crippen LogP contribution in [0.5, 0.6) is 0 Å². The Bertz CT molecular complexity index is 1300. The number of halogens is 1. The van der Waals surface area contributed by atoms with Crippen LogP contribution < -0.4 is 5.32 Å². The van der Waals surface area contributed by atoms with Crippen molar-refractivity contribution in [2.45, 2.75) is 33.1 Å². The quantitative estimate of drug-likeness (QED) is 0.361. The largest absolute Gasteiger partial charge is 0.355 e. The van der Waals surface area contributed by atoms with Gasteiger partial charge in [0.2, 0.25) is 0 Å². The number of rotatable bonds is 3. The first-order chi connectivity index (χ1) is 14.8. The molecule has 0 aromatic heterocycles. The van der Waals surface area contributed by atoms with Crippen molar-refractivity contribution in [1.82, 2.24) is 0 Å². The van der Waals surface area contributed by atoms with Crippen LogP contribution in [0.3, 0.4) is 0 Å². The maximum absolute atomic E-state index is 14.0. The van der Waals surface area contributed by atoms with Crippen LogP contribution in [0.1, 0.15) is 36.1 Å². The Balaban J connectivity index is 1.59. The third-order valence-corrected chi connectivity index (χ3v) is 6.60. The molecule has 0 heterocycles. The molecule has 1 N–H and O–H groups in total. The van der Waals surface area contributed by atoms with Crippen LogP contribution in [-0.4, -0.2) is 0 Å². The van der Waals surface area contributed by atoms with Crippen LogP contribution in [0.4, 0.5) is 15.8 Å². The van der Waals surface area contributed by atoms with Crippen molar-refractivity contribution >= 4 is 11.4 Å². The summed E-state index contributed by atoms with van der Waals surface area (Å²) in [5.41, 5.74) is 11.4. The van der Waals surface area contributed by atoms with Crippen molar-refractivity contribution in [3.8, 4) is 22.3 Å². The summed E-state index contributed by atoms with van der Waals surface area (Å²) in [5, 5.41) is 3.68. The summed E-state index contributed by atoms with van der Waals surface area (Å²) in [6.45, 7) is 8.62.